The highest BCUT2D eigenvalue weighted by Crippen LogP contribution is 2.25. The highest BCUT2D eigenvalue weighted by Gasteiger charge is 2.22. The Morgan fingerprint density at radius 3 is 2.03 bits per heavy atom. The largest absolute Gasteiger partial charge is 0.497 e. The normalized spacial score (nSPS) is 12.4. The van der Waals surface area contributed by atoms with Crippen molar-refractivity contribution in [3.8, 4) is 16.9 Å². The van der Waals surface area contributed by atoms with E-state index in [4.69, 9.17) is 4.74 Å². The van der Waals surface area contributed by atoms with E-state index in [1.165, 1.54) is 4.80 Å². The maximum Gasteiger partial charge on any atom is 0.241 e. The summed E-state index contributed by atoms with van der Waals surface area (Å²) in [7, 11) is -2.14. The minimum atomic E-state index is -3.76. The third kappa shape index (κ3) is 4.99. The van der Waals surface area contributed by atoms with Crippen molar-refractivity contribution in [3.63, 3.8) is 0 Å². The predicted octanol–water partition coefficient (Wildman–Crippen LogP) is 3.67. The van der Waals surface area contributed by atoms with Crippen LogP contribution in [0.1, 0.15) is 11.6 Å². The lowest BCUT2D eigenvalue weighted by Crippen LogP contribution is -2.32. The monoisotopic (exact) mass is 434 g/mol. The predicted molar refractivity (Wildman–Crippen MR) is 118 cm³/mol. The summed E-state index contributed by atoms with van der Waals surface area (Å²) < 4.78 is 34.2. The molecule has 0 aliphatic rings. The van der Waals surface area contributed by atoms with Gasteiger partial charge < -0.3 is 4.74 Å². The van der Waals surface area contributed by atoms with Crippen molar-refractivity contribution in [1.29, 1.82) is 0 Å². The second-order valence-electron chi connectivity index (χ2n) is 6.92. The summed E-state index contributed by atoms with van der Waals surface area (Å²) in [5.41, 5.74) is 2.73. The van der Waals surface area contributed by atoms with Crippen LogP contribution < -0.4 is 9.46 Å². The molecule has 1 N–H and O–H groups in total. The lowest BCUT2D eigenvalue weighted by molar-refractivity contribution is 0.415. The van der Waals surface area contributed by atoms with Crippen molar-refractivity contribution in [1.82, 2.24) is 19.7 Å². The second-order valence-corrected chi connectivity index (χ2v) is 8.64. The summed E-state index contributed by atoms with van der Waals surface area (Å²) in [6, 6.07) is 23.3. The van der Waals surface area contributed by atoms with Crippen LogP contribution in [0.5, 0.6) is 5.75 Å². The van der Waals surface area contributed by atoms with E-state index in [1.54, 1.807) is 43.8 Å². The Bertz CT molecular complexity index is 1210. The van der Waals surface area contributed by atoms with Crippen molar-refractivity contribution in [2.75, 3.05) is 7.11 Å². The molecule has 8 heteroatoms. The van der Waals surface area contributed by atoms with E-state index in [2.05, 4.69) is 14.9 Å². The Morgan fingerprint density at radius 1 is 0.871 bits per heavy atom. The summed E-state index contributed by atoms with van der Waals surface area (Å²) >= 11 is 0. The Morgan fingerprint density at radius 2 is 1.45 bits per heavy atom. The minimum Gasteiger partial charge on any atom is -0.497 e. The van der Waals surface area contributed by atoms with Crippen molar-refractivity contribution < 1.29 is 13.2 Å². The highest BCUT2D eigenvalue weighted by atomic mass is 32.2. The molecule has 1 heterocycles. The lowest BCUT2D eigenvalue weighted by Gasteiger charge is -2.19. The third-order valence-electron chi connectivity index (χ3n) is 4.90. The minimum absolute atomic E-state index is 0.194. The van der Waals surface area contributed by atoms with Gasteiger partial charge in [0.05, 0.1) is 37.0 Å². The Balaban J connectivity index is 1.57. The number of nitrogens with one attached hydrogen (secondary N) is 1. The molecule has 0 bridgehead atoms. The van der Waals surface area contributed by atoms with Crippen LogP contribution in [0, 0.1) is 0 Å². The van der Waals surface area contributed by atoms with Crippen molar-refractivity contribution in [2.45, 2.75) is 17.5 Å². The molecule has 1 atom stereocenters. The Hall–Kier alpha value is -3.49. The molecule has 0 aliphatic carbocycles. The molecular formula is C23H22N4O3S. The fourth-order valence-corrected chi connectivity index (χ4v) is 4.48. The van der Waals surface area contributed by atoms with Gasteiger partial charge in [-0.2, -0.15) is 15.0 Å². The zero-order valence-corrected chi connectivity index (χ0v) is 17.7. The number of sulfonamides is 1. The molecule has 0 fully saturated rings. The van der Waals surface area contributed by atoms with Gasteiger partial charge in [-0.25, -0.2) is 13.1 Å². The number of methoxy groups -OCH3 is 1. The average molecular weight is 435 g/mol. The SMILES string of the molecule is COc1ccc(-c2ccc(S(=O)(=O)NC(Cn3nccn3)c3ccccc3)cc2)cc1. The van der Waals surface area contributed by atoms with E-state index in [-0.39, 0.29) is 11.4 Å². The second kappa shape index (κ2) is 9.11. The molecule has 0 radical (unpaired) electrons. The van der Waals surface area contributed by atoms with Crippen molar-refractivity contribution >= 4 is 10.0 Å². The van der Waals surface area contributed by atoms with Crippen LogP contribution in [0.4, 0.5) is 0 Å². The van der Waals surface area contributed by atoms with E-state index in [0.29, 0.717) is 0 Å². The summed E-state index contributed by atoms with van der Waals surface area (Å²) in [6.07, 6.45) is 3.13. The molecule has 0 aliphatic heterocycles. The topological polar surface area (TPSA) is 86.1 Å². The van der Waals surface area contributed by atoms with Crippen LogP contribution in [0.2, 0.25) is 0 Å². The van der Waals surface area contributed by atoms with Gasteiger partial charge in [0.25, 0.3) is 0 Å². The maximum absolute atomic E-state index is 13.1. The molecule has 0 amide bonds. The average Bonchev–Trinajstić information content (AvgIpc) is 3.32. The smallest absolute Gasteiger partial charge is 0.241 e. The van der Waals surface area contributed by atoms with Crippen LogP contribution in [0.3, 0.4) is 0 Å². The number of hydrogen-bond donors (Lipinski definition) is 1. The van der Waals surface area contributed by atoms with Gasteiger partial charge in [0.15, 0.2) is 0 Å². The zero-order valence-electron chi connectivity index (χ0n) is 16.9. The standard InChI is InChI=1S/C23H22N4O3S/c1-30-21-11-7-18(8-12-21)19-9-13-22(14-10-19)31(28,29)26-23(17-27-24-15-16-25-27)20-5-3-2-4-6-20/h2-16,23,26H,17H2,1H3. The molecule has 31 heavy (non-hydrogen) atoms. The van der Waals surface area contributed by atoms with Crippen LogP contribution in [-0.2, 0) is 16.6 Å². The van der Waals surface area contributed by atoms with E-state index < -0.39 is 16.1 Å². The number of rotatable bonds is 8. The first kappa shape index (κ1) is 20.8. The zero-order chi connectivity index (χ0) is 21.7. The molecule has 158 valence electrons. The summed E-state index contributed by atoms with van der Waals surface area (Å²) in [6.45, 7) is 0.278. The molecule has 7 nitrogen and oxygen atoms in total. The first-order chi connectivity index (χ1) is 15.0. The number of hydrogen-bond acceptors (Lipinski definition) is 5. The quantitative estimate of drug-likeness (QED) is 0.457. The van der Waals surface area contributed by atoms with Crippen LogP contribution in [-0.4, -0.2) is 30.5 Å². The van der Waals surface area contributed by atoms with Gasteiger partial charge in [0, 0.05) is 0 Å². The van der Waals surface area contributed by atoms with Crippen LogP contribution in [0.15, 0.2) is 96.2 Å². The number of ether oxygens (including phenoxy) is 1. The van der Waals surface area contributed by atoms with Gasteiger partial charge >= 0.3 is 0 Å². The summed E-state index contributed by atoms with van der Waals surface area (Å²) in [5, 5.41) is 8.21. The fourth-order valence-electron chi connectivity index (χ4n) is 3.26. The van der Waals surface area contributed by atoms with Gasteiger partial charge in [-0.3, -0.25) is 0 Å². The first-order valence-corrected chi connectivity index (χ1v) is 11.2. The van der Waals surface area contributed by atoms with Gasteiger partial charge in [-0.15, -0.1) is 0 Å². The molecule has 3 aromatic carbocycles. The lowest BCUT2D eigenvalue weighted by atomic mass is 10.1. The molecule has 4 aromatic rings. The molecule has 1 unspecified atom stereocenters. The van der Waals surface area contributed by atoms with Gasteiger partial charge in [0.1, 0.15) is 5.75 Å². The van der Waals surface area contributed by atoms with Crippen LogP contribution in [0.25, 0.3) is 11.1 Å². The van der Waals surface area contributed by atoms with E-state index in [1.807, 2.05) is 54.6 Å². The fraction of sp³-hybridized carbons (Fsp3) is 0.130. The maximum atomic E-state index is 13.1. The van der Waals surface area contributed by atoms with Gasteiger partial charge in [-0.1, -0.05) is 54.6 Å². The summed E-state index contributed by atoms with van der Waals surface area (Å²) in [4.78, 5) is 1.66. The number of nitrogens with zero attached hydrogens (tertiary/aromatic N) is 3. The Kier molecular flexibility index (Phi) is 6.11. The van der Waals surface area contributed by atoms with Crippen molar-refractivity contribution in [3.05, 3.63) is 96.8 Å². The van der Waals surface area contributed by atoms with E-state index in [0.717, 1.165) is 22.4 Å². The van der Waals surface area contributed by atoms with Gasteiger partial charge in [-0.05, 0) is 41.0 Å². The molecule has 0 saturated heterocycles. The number of aromatic nitrogens is 3. The Labute approximate surface area is 181 Å². The van der Waals surface area contributed by atoms with E-state index in [9.17, 15) is 8.42 Å². The van der Waals surface area contributed by atoms with Crippen molar-refractivity contribution in [2.24, 2.45) is 0 Å². The highest BCUT2D eigenvalue weighted by molar-refractivity contribution is 7.89. The molecule has 0 spiro atoms. The molecule has 4 rings (SSSR count). The molecular weight excluding hydrogens is 412 g/mol. The first-order valence-electron chi connectivity index (χ1n) is 9.71. The summed E-state index contributed by atoms with van der Waals surface area (Å²) in [5.74, 6) is 0.769. The molecule has 1 aromatic heterocycles. The van der Waals surface area contributed by atoms with E-state index >= 15 is 0 Å². The van der Waals surface area contributed by atoms with Gasteiger partial charge in [0.2, 0.25) is 10.0 Å². The number of benzene rings is 3. The van der Waals surface area contributed by atoms with Crippen LogP contribution >= 0.6 is 0 Å². The third-order valence-corrected chi connectivity index (χ3v) is 6.39. The molecule has 0 saturated carbocycles.